The van der Waals surface area contributed by atoms with E-state index in [1.807, 2.05) is 36.4 Å². The van der Waals surface area contributed by atoms with Crippen LogP contribution in [0.15, 0.2) is 48.4 Å². The number of esters is 1. The summed E-state index contributed by atoms with van der Waals surface area (Å²) in [6, 6.07) is 10.0. The van der Waals surface area contributed by atoms with Crippen molar-refractivity contribution >= 4 is 22.2 Å². The molecule has 1 rings (SSSR count). The topological polar surface area (TPSA) is 80.7 Å². The van der Waals surface area contributed by atoms with E-state index in [4.69, 9.17) is 4.55 Å². The number of hydrogen-bond acceptors (Lipinski definition) is 4. The SMILES string of the molecule is C=C(C(=O)OC)S(=O)(=O)O.C=Cc1ccccc1. The summed E-state index contributed by atoms with van der Waals surface area (Å²) in [7, 11) is -3.50. The molecule has 18 heavy (non-hydrogen) atoms. The van der Waals surface area contributed by atoms with E-state index in [0.717, 1.165) is 7.11 Å². The summed E-state index contributed by atoms with van der Waals surface area (Å²) < 4.78 is 32.3. The summed E-state index contributed by atoms with van der Waals surface area (Å²) in [6.45, 7) is 6.42. The molecule has 0 fully saturated rings. The van der Waals surface area contributed by atoms with Crippen LogP contribution < -0.4 is 0 Å². The van der Waals surface area contributed by atoms with E-state index >= 15 is 0 Å². The van der Waals surface area contributed by atoms with E-state index in [1.54, 1.807) is 0 Å². The maximum atomic E-state index is 10.3. The van der Waals surface area contributed by atoms with Crippen LogP contribution in [-0.2, 0) is 19.6 Å². The highest BCUT2D eigenvalue weighted by Gasteiger charge is 2.19. The van der Waals surface area contributed by atoms with Crippen LogP contribution in [0.3, 0.4) is 0 Å². The first-order chi connectivity index (χ1) is 8.32. The lowest BCUT2D eigenvalue weighted by atomic mass is 10.2. The van der Waals surface area contributed by atoms with Crippen LogP contribution in [0.2, 0.25) is 0 Å². The second-order valence-electron chi connectivity index (χ2n) is 3.00. The van der Waals surface area contributed by atoms with Crippen LogP contribution >= 0.6 is 0 Å². The van der Waals surface area contributed by atoms with Gasteiger partial charge in [-0.3, -0.25) is 4.55 Å². The lowest BCUT2D eigenvalue weighted by Crippen LogP contribution is -2.12. The molecule has 6 heteroatoms. The molecule has 0 radical (unpaired) electrons. The molecule has 98 valence electrons. The fraction of sp³-hybridized carbons (Fsp3) is 0.0833. The van der Waals surface area contributed by atoms with E-state index in [-0.39, 0.29) is 0 Å². The Morgan fingerprint density at radius 3 is 2.06 bits per heavy atom. The van der Waals surface area contributed by atoms with Gasteiger partial charge in [0.2, 0.25) is 0 Å². The molecular weight excluding hydrogens is 256 g/mol. The molecule has 0 atom stereocenters. The summed E-state index contributed by atoms with van der Waals surface area (Å²) in [5.74, 6) is -1.16. The van der Waals surface area contributed by atoms with Gasteiger partial charge in [0.25, 0.3) is 0 Å². The van der Waals surface area contributed by atoms with Crippen molar-refractivity contribution in [1.82, 2.24) is 0 Å². The Morgan fingerprint density at radius 1 is 1.33 bits per heavy atom. The number of benzene rings is 1. The molecule has 0 unspecified atom stereocenters. The molecule has 0 aliphatic heterocycles. The number of carbonyl (C=O) groups excluding carboxylic acids is 1. The first-order valence-corrected chi connectivity index (χ1v) is 6.19. The lowest BCUT2D eigenvalue weighted by Gasteiger charge is -1.96. The Kier molecular flexibility index (Phi) is 6.62. The normalized spacial score (nSPS) is 9.67. The van der Waals surface area contributed by atoms with Crippen molar-refractivity contribution in [2.75, 3.05) is 7.11 Å². The van der Waals surface area contributed by atoms with Crippen LogP contribution in [0.5, 0.6) is 0 Å². The Morgan fingerprint density at radius 2 is 1.83 bits per heavy atom. The quantitative estimate of drug-likeness (QED) is 0.515. The van der Waals surface area contributed by atoms with Crippen molar-refractivity contribution in [1.29, 1.82) is 0 Å². The minimum Gasteiger partial charge on any atom is -0.465 e. The van der Waals surface area contributed by atoms with E-state index in [2.05, 4.69) is 17.9 Å². The second-order valence-corrected chi connectivity index (χ2v) is 4.45. The van der Waals surface area contributed by atoms with Crippen molar-refractivity contribution in [2.24, 2.45) is 0 Å². The maximum absolute atomic E-state index is 10.3. The molecule has 0 aromatic heterocycles. The summed E-state index contributed by atoms with van der Waals surface area (Å²) in [5, 5.41) is 0. The summed E-state index contributed by atoms with van der Waals surface area (Å²) >= 11 is 0. The highest BCUT2D eigenvalue weighted by atomic mass is 32.2. The van der Waals surface area contributed by atoms with Gasteiger partial charge in [-0.1, -0.05) is 49.6 Å². The largest absolute Gasteiger partial charge is 0.465 e. The van der Waals surface area contributed by atoms with Crippen LogP contribution in [0, 0.1) is 0 Å². The third-order valence-electron chi connectivity index (χ3n) is 1.76. The molecule has 0 aliphatic rings. The third kappa shape index (κ3) is 5.97. The standard InChI is InChI=1S/C8H8.C4H6O5S/c1-2-8-6-4-3-5-7-8;1-3(4(5)9-2)10(6,7)8/h2-7H,1H2;1H2,2H3,(H,6,7,8). The van der Waals surface area contributed by atoms with E-state index in [1.165, 1.54) is 5.56 Å². The van der Waals surface area contributed by atoms with Gasteiger partial charge in [-0.05, 0) is 5.56 Å². The van der Waals surface area contributed by atoms with Gasteiger partial charge >= 0.3 is 16.1 Å². The number of ether oxygens (including phenoxy) is 1. The average molecular weight is 270 g/mol. The van der Waals surface area contributed by atoms with Crippen molar-refractivity contribution in [3.05, 3.63) is 54.0 Å². The van der Waals surface area contributed by atoms with E-state index < -0.39 is 21.0 Å². The van der Waals surface area contributed by atoms with Gasteiger partial charge in [0, 0.05) is 0 Å². The summed E-state index contributed by atoms with van der Waals surface area (Å²) in [4.78, 5) is 9.33. The van der Waals surface area contributed by atoms with Crippen LogP contribution in [-0.4, -0.2) is 26.0 Å². The first kappa shape index (κ1) is 16.1. The highest BCUT2D eigenvalue weighted by molar-refractivity contribution is 7.90. The van der Waals surface area contributed by atoms with Gasteiger partial charge in [0.1, 0.15) is 0 Å². The number of rotatable bonds is 3. The van der Waals surface area contributed by atoms with E-state index in [0.29, 0.717) is 0 Å². The first-order valence-electron chi connectivity index (χ1n) is 4.75. The molecule has 0 spiro atoms. The molecule has 0 bridgehead atoms. The molecule has 0 saturated heterocycles. The van der Waals surface area contributed by atoms with Gasteiger partial charge in [-0.25, -0.2) is 4.79 Å². The highest BCUT2D eigenvalue weighted by Crippen LogP contribution is 2.01. The fourth-order valence-electron chi connectivity index (χ4n) is 0.808. The Bertz CT molecular complexity index is 517. The molecule has 0 saturated carbocycles. The zero-order chi connectivity index (χ0) is 14.2. The summed E-state index contributed by atoms with van der Waals surface area (Å²) in [6.07, 6.45) is 1.83. The van der Waals surface area contributed by atoms with Crippen molar-refractivity contribution in [3.8, 4) is 0 Å². The van der Waals surface area contributed by atoms with Gasteiger partial charge in [0.15, 0.2) is 4.91 Å². The molecule has 5 nitrogen and oxygen atoms in total. The number of hydrogen-bond donors (Lipinski definition) is 1. The molecule has 1 aromatic rings. The minimum atomic E-state index is -4.48. The van der Waals surface area contributed by atoms with Crippen molar-refractivity contribution in [2.45, 2.75) is 0 Å². The monoisotopic (exact) mass is 270 g/mol. The Balaban J connectivity index is 0.000000327. The molecule has 0 heterocycles. The van der Waals surface area contributed by atoms with Crippen LogP contribution in [0.4, 0.5) is 0 Å². The van der Waals surface area contributed by atoms with Crippen molar-refractivity contribution in [3.63, 3.8) is 0 Å². The third-order valence-corrected chi connectivity index (χ3v) is 2.55. The average Bonchev–Trinajstić information content (AvgIpc) is 2.37. The maximum Gasteiger partial charge on any atom is 0.351 e. The number of methoxy groups -OCH3 is 1. The zero-order valence-corrected chi connectivity index (χ0v) is 10.7. The number of carbonyl (C=O) groups is 1. The Labute approximate surface area is 106 Å². The summed E-state index contributed by atoms with van der Waals surface area (Å²) in [5.41, 5.74) is 1.17. The van der Waals surface area contributed by atoms with Crippen LogP contribution in [0.25, 0.3) is 6.08 Å². The van der Waals surface area contributed by atoms with Gasteiger partial charge in [0.05, 0.1) is 7.11 Å². The van der Waals surface area contributed by atoms with Gasteiger partial charge < -0.3 is 4.74 Å². The van der Waals surface area contributed by atoms with Gasteiger partial charge in [-0.2, -0.15) is 8.42 Å². The second kappa shape index (κ2) is 7.41. The molecule has 1 N–H and O–H groups in total. The minimum absolute atomic E-state index is 0.963. The molecular formula is C12H14O5S. The van der Waals surface area contributed by atoms with Crippen LogP contribution in [0.1, 0.15) is 5.56 Å². The predicted molar refractivity (Wildman–Crippen MR) is 69.2 cm³/mol. The predicted octanol–water partition coefficient (Wildman–Crippen LogP) is 1.89. The molecule has 0 amide bonds. The smallest absolute Gasteiger partial charge is 0.351 e. The Hall–Kier alpha value is -1.92. The molecule has 1 aromatic carbocycles. The van der Waals surface area contributed by atoms with E-state index in [9.17, 15) is 13.2 Å². The van der Waals surface area contributed by atoms with Gasteiger partial charge in [-0.15, -0.1) is 0 Å². The zero-order valence-electron chi connectivity index (χ0n) is 9.87. The molecule has 0 aliphatic carbocycles. The lowest BCUT2D eigenvalue weighted by molar-refractivity contribution is -0.135. The fourth-order valence-corrected chi connectivity index (χ4v) is 1.10. The van der Waals surface area contributed by atoms with Crippen molar-refractivity contribution < 1.29 is 22.5 Å².